The standard InChI is InChI=1S/C24H31Cl2N6O8P/c1-11(2)38-23(34)13(4)31-41(35,40-14-6-7-15(25)16(26)8-14)37-9-17-19(33)12(3)22(39-17)32-10-28-18-20(32)29-24(27)30-21(18)36-5/h6-8,10-13,17,19,22,33H,9H2,1-5H3,(H,31,35)(H2,27,29,30). The Morgan fingerprint density at radius 2 is 2.00 bits per heavy atom. The lowest BCUT2D eigenvalue weighted by Gasteiger charge is -2.25. The molecule has 0 radical (unpaired) electrons. The number of methoxy groups -OCH3 is 1. The van der Waals surface area contributed by atoms with E-state index in [0.29, 0.717) is 11.2 Å². The molecule has 6 unspecified atom stereocenters. The Kier molecular flexibility index (Phi) is 9.64. The lowest BCUT2D eigenvalue weighted by Crippen LogP contribution is -2.37. The summed E-state index contributed by atoms with van der Waals surface area (Å²) in [6.07, 6.45) is -1.69. The van der Waals surface area contributed by atoms with Gasteiger partial charge in [-0.3, -0.25) is 13.9 Å². The summed E-state index contributed by atoms with van der Waals surface area (Å²) in [6, 6.07) is 3.17. The van der Waals surface area contributed by atoms with Crippen LogP contribution in [0.5, 0.6) is 11.6 Å². The van der Waals surface area contributed by atoms with Crippen LogP contribution in [0, 0.1) is 5.92 Å². The second kappa shape index (κ2) is 12.7. The summed E-state index contributed by atoms with van der Waals surface area (Å²) in [5, 5.41) is 14.0. The van der Waals surface area contributed by atoms with Gasteiger partial charge in [0.05, 0.1) is 42.3 Å². The Morgan fingerprint density at radius 1 is 1.27 bits per heavy atom. The average Bonchev–Trinajstić information content (AvgIpc) is 3.44. The largest absolute Gasteiger partial charge is 0.479 e. The predicted octanol–water partition coefficient (Wildman–Crippen LogP) is 3.75. The molecule has 41 heavy (non-hydrogen) atoms. The topological polar surface area (TPSA) is 182 Å². The van der Waals surface area contributed by atoms with Gasteiger partial charge in [-0.1, -0.05) is 30.1 Å². The van der Waals surface area contributed by atoms with Gasteiger partial charge in [0.15, 0.2) is 11.2 Å². The Bertz CT molecular complexity index is 1460. The number of benzene rings is 1. The molecule has 1 saturated heterocycles. The fraction of sp³-hybridized carbons (Fsp3) is 0.500. The number of esters is 1. The van der Waals surface area contributed by atoms with Crippen LogP contribution in [0.15, 0.2) is 24.5 Å². The number of rotatable bonds is 11. The van der Waals surface area contributed by atoms with Crippen LogP contribution >= 0.6 is 30.9 Å². The van der Waals surface area contributed by atoms with Crippen LogP contribution in [0.2, 0.25) is 10.0 Å². The lowest BCUT2D eigenvalue weighted by atomic mass is 10.0. The minimum atomic E-state index is -4.28. The number of fused-ring (bicyclic) bond motifs is 1. The third-order valence-electron chi connectivity index (χ3n) is 6.14. The zero-order chi connectivity index (χ0) is 30.1. The fourth-order valence-corrected chi connectivity index (χ4v) is 5.92. The molecule has 0 amide bonds. The number of aliphatic hydroxyl groups excluding tert-OH is 1. The molecule has 0 aliphatic carbocycles. The molecule has 1 aliphatic heterocycles. The third kappa shape index (κ3) is 7.03. The van der Waals surface area contributed by atoms with Gasteiger partial charge in [-0.15, -0.1) is 0 Å². The van der Waals surface area contributed by atoms with Crippen LogP contribution in [-0.4, -0.2) is 68.7 Å². The van der Waals surface area contributed by atoms with Crippen molar-refractivity contribution in [3.63, 3.8) is 0 Å². The van der Waals surface area contributed by atoms with E-state index in [1.54, 1.807) is 25.3 Å². The van der Waals surface area contributed by atoms with E-state index in [0.717, 1.165) is 0 Å². The third-order valence-corrected chi connectivity index (χ3v) is 8.52. The zero-order valence-electron chi connectivity index (χ0n) is 22.9. The summed E-state index contributed by atoms with van der Waals surface area (Å²) >= 11 is 12.1. The van der Waals surface area contributed by atoms with Gasteiger partial charge in [0.25, 0.3) is 0 Å². The number of hydrogen-bond acceptors (Lipinski definition) is 12. The van der Waals surface area contributed by atoms with Crippen LogP contribution < -0.4 is 20.1 Å². The molecule has 1 fully saturated rings. The summed E-state index contributed by atoms with van der Waals surface area (Å²) in [5.41, 5.74) is 6.53. The van der Waals surface area contributed by atoms with E-state index in [-0.39, 0.29) is 34.2 Å². The van der Waals surface area contributed by atoms with Gasteiger partial charge in [0.2, 0.25) is 11.8 Å². The van der Waals surface area contributed by atoms with E-state index < -0.39 is 50.2 Å². The summed E-state index contributed by atoms with van der Waals surface area (Å²) < 4.78 is 43.4. The Morgan fingerprint density at radius 3 is 2.66 bits per heavy atom. The number of aliphatic hydroxyl groups is 1. The number of halogens is 2. The van der Waals surface area contributed by atoms with Crippen molar-refractivity contribution in [2.24, 2.45) is 5.92 Å². The monoisotopic (exact) mass is 632 g/mol. The van der Waals surface area contributed by atoms with Gasteiger partial charge in [0.1, 0.15) is 24.1 Å². The molecule has 1 aromatic carbocycles. The van der Waals surface area contributed by atoms with Crippen LogP contribution in [0.3, 0.4) is 0 Å². The van der Waals surface area contributed by atoms with Gasteiger partial charge in [-0.05, 0) is 32.9 Å². The SMILES string of the molecule is COc1nc(N)nc2c1ncn2C1OC(COP(=O)(NC(C)C(=O)OC(C)C)Oc2ccc(Cl)c(Cl)c2)C(O)C1C. The van der Waals surface area contributed by atoms with Crippen molar-refractivity contribution >= 4 is 54.0 Å². The number of hydrogen-bond donors (Lipinski definition) is 3. The number of imidazole rings is 1. The fourth-order valence-electron chi connectivity index (χ4n) is 4.14. The molecule has 14 nitrogen and oxygen atoms in total. The predicted molar refractivity (Wildman–Crippen MR) is 150 cm³/mol. The number of carbonyl (C=O) groups is 1. The lowest BCUT2D eigenvalue weighted by molar-refractivity contribution is -0.149. The van der Waals surface area contributed by atoms with Gasteiger partial charge in [-0.2, -0.15) is 15.1 Å². The zero-order valence-corrected chi connectivity index (χ0v) is 25.3. The smallest absolute Gasteiger partial charge is 0.459 e. The molecule has 4 N–H and O–H groups in total. The molecule has 4 rings (SSSR count). The molecule has 0 spiro atoms. The first-order chi connectivity index (χ1) is 19.3. The number of anilines is 1. The number of nitrogens with zero attached hydrogens (tertiary/aromatic N) is 4. The average molecular weight is 633 g/mol. The van der Waals surface area contributed by atoms with Crippen LogP contribution in [-0.2, 0) is 23.4 Å². The highest BCUT2D eigenvalue weighted by Crippen LogP contribution is 2.47. The highest BCUT2D eigenvalue weighted by molar-refractivity contribution is 7.52. The molecule has 3 heterocycles. The minimum Gasteiger partial charge on any atom is -0.479 e. The number of nitrogen functional groups attached to an aromatic ring is 1. The molecule has 0 bridgehead atoms. The van der Waals surface area contributed by atoms with Gasteiger partial charge in [0, 0.05) is 12.0 Å². The van der Waals surface area contributed by atoms with Gasteiger partial charge >= 0.3 is 13.7 Å². The molecule has 6 atom stereocenters. The maximum Gasteiger partial charge on any atom is 0.459 e. The molecule has 17 heteroatoms. The molecule has 2 aromatic heterocycles. The quantitative estimate of drug-likeness (QED) is 0.205. The van der Waals surface area contributed by atoms with Crippen LogP contribution in [0.4, 0.5) is 5.95 Å². The summed E-state index contributed by atoms with van der Waals surface area (Å²) in [4.78, 5) is 25.0. The maximum absolute atomic E-state index is 13.9. The van der Waals surface area contributed by atoms with Crippen molar-refractivity contribution in [2.75, 3.05) is 19.5 Å². The number of nitrogens with two attached hydrogens (primary N) is 1. The van der Waals surface area contributed by atoms with E-state index in [2.05, 4.69) is 20.0 Å². The Labute approximate surface area is 246 Å². The van der Waals surface area contributed by atoms with Crippen molar-refractivity contribution in [1.29, 1.82) is 0 Å². The number of nitrogens with one attached hydrogen (secondary N) is 1. The second-order valence-corrected chi connectivity index (χ2v) is 12.1. The first-order valence-electron chi connectivity index (χ1n) is 12.6. The van der Waals surface area contributed by atoms with E-state index in [1.807, 2.05) is 0 Å². The van der Waals surface area contributed by atoms with E-state index >= 15 is 0 Å². The summed E-state index contributed by atoms with van der Waals surface area (Å²) in [6.45, 7) is 6.19. The normalized spacial score (nSPS) is 23.0. The summed E-state index contributed by atoms with van der Waals surface area (Å²) in [7, 11) is -2.85. The van der Waals surface area contributed by atoms with Crippen molar-refractivity contribution in [3.05, 3.63) is 34.6 Å². The molecule has 1 aliphatic rings. The minimum absolute atomic E-state index is 0.0289. The Balaban J connectivity index is 1.55. The van der Waals surface area contributed by atoms with Crippen LogP contribution in [0.25, 0.3) is 11.2 Å². The van der Waals surface area contributed by atoms with Crippen molar-refractivity contribution in [3.8, 4) is 11.6 Å². The van der Waals surface area contributed by atoms with Crippen molar-refractivity contribution in [2.45, 2.75) is 58.3 Å². The highest BCUT2D eigenvalue weighted by Gasteiger charge is 2.44. The number of ether oxygens (including phenoxy) is 3. The van der Waals surface area contributed by atoms with Crippen molar-refractivity contribution < 1.29 is 37.7 Å². The van der Waals surface area contributed by atoms with Crippen molar-refractivity contribution in [1.82, 2.24) is 24.6 Å². The molecule has 3 aromatic rings. The van der Waals surface area contributed by atoms with E-state index in [9.17, 15) is 14.5 Å². The van der Waals surface area contributed by atoms with E-state index in [4.69, 9.17) is 52.2 Å². The number of aromatic nitrogens is 4. The Hall–Kier alpha value is -2.71. The summed E-state index contributed by atoms with van der Waals surface area (Å²) in [5.74, 6) is -0.926. The maximum atomic E-state index is 13.9. The van der Waals surface area contributed by atoms with E-state index in [1.165, 1.54) is 38.6 Å². The number of carbonyl (C=O) groups excluding carboxylic acids is 1. The molecular weight excluding hydrogens is 602 g/mol. The van der Waals surface area contributed by atoms with Crippen LogP contribution in [0.1, 0.15) is 33.9 Å². The molecule has 224 valence electrons. The van der Waals surface area contributed by atoms with Gasteiger partial charge < -0.3 is 29.6 Å². The first kappa shape index (κ1) is 31.2. The second-order valence-electron chi connectivity index (χ2n) is 9.63. The molecular formula is C24H31Cl2N6O8P. The van der Waals surface area contributed by atoms with Gasteiger partial charge in [-0.25, -0.2) is 9.55 Å². The first-order valence-corrected chi connectivity index (χ1v) is 14.9. The molecule has 0 saturated carbocycles. The highest BCUT2D eigenvalue weighted by atomic mass is 35.5.